The number of hydrogen-bond acceptors (Lipinski definition) is 0. The van der Waals surface area contributed by atoms with Gasteiger partial charge in [0.2, 0.25) is 0 Å². The average Bonchev–Trinajstić information content (AvgIpc) is 2.56. The third-order valence-corrected chi connectivity index (χ3v) is 3.02. The monoisotopic (exact) mass is 373 g/mol. The third-order valence-electron chi connectivity index (χ3n) is 3.02. The van der Waals surface area contributed by atoms with E-state index in [1.807, 2.05) is 0 Å². The van der Waals surface area contributed by atoms with Crippen molar-refractivity contribution in [2.45, 2.75) is 13.8 Å². The first kappa shape index (κ1) is 11.8. The van der Waals surface area contributed by atoms with E-state index in [9.17, 15) is 0 Å². The summed E-state index contributed by atoms with van der Waals surface area (Å²) in [6, 6.07) is 13.3. The van der Waals surface area contributed by atoms with Crippen molar-refractivity contribution in [3.63, 3.8) is 0 Å². The minimum absolute atomic E-state index is 0. The second-order valence-electron chi connectivity index (χ2n) is 4.33. The molecule has 0 spiro atoms. The van der Waals surface area contributed by atoms with Crippen molar-refractivity contribution in [3.8, 4) is 11.1 Å². The third kappa shape index (κ3) is 1.82. The molecule has 1 aliphatic rings. The molecule has 77 valence electrons. The molecule has 1 radical (unpaired) electrons. The molecule has 0 fully saturated rings. The maximum absolute atomic E-state index is 2.27. The summed E-state index contributed by atoms with van der Waals surface area (Å²) in [5.41, 5.74) is 8.12. The number of rotatable bonds is 0. The topological polar surface area (TPSA) is 0 Å². The fourth-order valence-electron chi connectivity index (χ4n) is 2.23. The Bertz CT molecular complexity index is 492. The summed E-state index contributed by atoms with van der Waals surface area (Å²) in [5.74, 6) is 0. The van der Waals surface area contributed by atoms with E-state index in [-0.39, 0.29) is 25.8 Å². The molecule has 0 amide bonds. The molecule has 0 unspecified atom stereocenters. The Labute approximate surface area is 115 Å². The maximum Gasteiger partial charge on any atom is 0.0211 e. The molecule has 0 saturated carbocycles. The van der Waals surface area contributed by atoms with Gasteiger partial charge in [-0.2, -0.15) is 0 Å². The molecule has 3 rings (SSSR count). The first-order chi connectivity index (χ1) is 7.24. The van der Waals surface area contributed by atoms with Crippen molar-refractivity contribution in [2.75, 3.05) is 0 Å². The second kappa shape index (κ2) is 4.29. The molecule has 0 heterocycles. The predicted octanol–water partition coefficient (Wildman–Crippen LogP) is 3.88. The molecular weight excluding hydrogens is 359 g/mol. The SMILES string of the molecule is Cc1ccc2c(c1)-c1cc(C)ccc1[CH]2.[Hf]. The van der Waals surface area contributed by atoms with Crippen LogP contribution >= 0.6 is 0 Å². The number of aryl methyl sites for hydroxylation is 2. The van der Waals surface area contributed by atoms with E-state index in [1.54, 1.807) is 0 Å². The Morgan fingerprint density at radius 2 is 1.12 bits per heavy atom. The Kier molecular flexibility index (Phi) is 3.16. The van der Waals surface area contributed by atoms with E-state index in [4.69, 9.17) is 0 Å². The fourth-order valence-corrected chi connectivity index (χ4v) is 2.23. The first-order valence-electron chi connectivity index (χ1n) is 5.30. The van der Waals surface area contributed by atoms with Gasteiger partial charge in [0.1, 0.15) is 0 Å². The summed E-state index contributed by atoms with van der Waals surface area (Å²) in [6.07, 6.45) is 2.27. The van der Waals surface area contributed by atoms with Crippen LogP contribution in [0.2, 0.25) is 0 Å². The Balaban J connectivity index is 0.000000963. The maximum atomic E-state index is 2.27. The van der Waals surface area contributed by atoms with E-state index < -0.39 is 0 Å². The second-order valence-corrected chi connectivity index (χ2v) is 4.33. The van der Waals surface area contributed by atoms with Gasteiger partial charge in [0.15, 0.2) is 0 Å². The van der Waals surface area contributed by atoms with Gasteiger partial charge in [-0.15, -0.1) is 0 Å². The molecule has 0 nitrogen and oxygen atoms in total. The summed E-state index contributed by atoms with van der Waals surface area (Å²) >= 11 is 0. The average molecular weight is 372 g/mol. The molecule has 0 N–H and O–H groups in total. The van der Waals surface area contributed by atoms with Crippen LogP contribution in [0.15, 0.2) is 36.4 Å². The van der Waals surface area contributed by atoms with Gasteiger partial charge < -0.3 is 0 Å². The van der Waals surface area contributed by atoms with Gasteiger partial charge in [-0.3, -0.25) is 0 Å². The first-order valence-corrected chi connectivity index (χ1v) is 5.30. The number of hydrogen-bond donors (Lipinski definition) is 0. The molecule has 2 aromatic rings. The smallest absolute Gasteiger partial charge is 0.0211 e. The number of benzene rings is 2. The van der Waals surface area contributed by atoms with Gasteiger partial charge in [-0.05, 0) is 36.1 Å². The minimum atomic E-state index is 0. The van der Waals surface area contributed by atoms with Crippen molar-refractivity contribution < 1.29 is 25.8 Å². The van der Waals surface area contributed by atoms with Crippen molar-refractivity contribution in [1.29, 1.82) is 0 Å². The molecule has 16 heavy (non-hydrogen) atoms. The normalized spacial score (nSPS) is 11.6. The molecular formula is C15H13Hf. The van der Waals surface area contributed by atoms with Gasteiger partial charge >= 0.3 is 0 Å². The zero-order chi connectivity index (χ0) is 10.4. The van der Waals surface area contributed by atoms with Crippen molar-refractivity contribution in [3.05, 3.63) is 65.1 Å². The molecule has 0 bridgehead atoms. The molecule has 1 heteroatoms. The van der Waals surface area contributed by atoms with Gasteiger partial charge in [0.05, 0.1) is 0 Å². The van der Waals surface area contributed by atoms with Crippen LogP contribution in [0.5, 0.6) is 0 Å². The summed E-state index contributed by atoms with van der Waals surface area (Å²) in [5, 5.41) is 0. The van der Waals surface area contributed by atoms with E-state index in [0.717, 1.165) is 0 Å². The van der Waals surface area contributed by atoms with Gasteiger partial charge in [-0.25, -0.2) is 0 Å². The van der Waals surface area contributed by atoms with Crippen molar-refractivity contribution in [1.82, 2.24) is 0 Å². The largest absolute Gasteiger partial charge is 0.0590 e. The molecule has 0 saturated heterocycles. The summed E-state index contributed by atoms with van der Waals surface area (Å²) in [4.78, 5) is 0. The number of fused-ring (bicyclic) bond motifs is 3. The zero-order valence-electron chi connectivity index (χ0n) is 9.54. The van der Waals surface area contributed by atoms with E-state index in [0.29, 0.717) is 0 Å². The van der Waals surface area contributed by atoms with Crippen LogP contribution in [0, 0.1) is 20.3 Å². The summed E-state index contributed by atoms with van der Waals surface area (Å²) in [7, 11) is 0. The van der Waals surface area contributed by atoms with Crippen molar-refractivity contribution >= 4 is 0 Å². The van der Waals surface area contributed by atoms with Gasteiger partial charge in [-0.1, -0.05) is 47.5 Å². The molecule has 2 aromatic carbocycles. The van der Waals surface area contributed by atoms with Crippen LogP contribution in [0.25, 0.3) is 11.1 Å². The van der Waals surface area contributed by atoms with Crippen LogP contribution < -0.4 is 0 Å². The predicted molar refractivity (Wildman–Crippen MR) is 63.9 cm³/mol. The fraction of sp³-hybridized carbons (Fsp3) is 0.133. The van der Waals surface area contributed by atoms with Gasteiger partial charge in [0.25, 0.3) is 0 Å². The standard InChI is InChI=1S/C15H13.Hf/c1-10-3-5-12-9-13-6-4-11(2)8-15(13)14(12)7-10;/h3-9H,1-2H3;. The van der Waals surface area contributed by atoms with E-state index >= 15 is 0 Å². The Hall–Kier alpha value is -0.690. The Morgan fingerprint density at radius 3 is 1.56 bits per heavy atom. The zero-order valence-corrected chi connectivity index (χ0v) is 13.1. The summed E-state index contributed by atoms with van der Waals surface area (Å²) in [6.45, 7) is 4.29. The van der Waals surface area contributed by atoms with Crippen LogP contribution in [0.4, 0.5) is 0 Å². The van der Waals surface area contributed by atoms with Crippen LogP contribution in [-0.4, -0.2) is 0 Å². The molecule has 0 atom stereocenters. The van der Waals surface area contributed by atoms with E-state index in [1.165, 1.54) is 33.4 Å². The van der Waals surface area contributed by atoms with Crippen LogP contribution in [0.1, 0.15) is 22.3 Å². The quantitative estimate of drug-likeness (QED) is 0.526. The van der Waals surface area contributed by atoms with E-state index in [2.05, 4.69) is 56.7 Å². The van der Waals surface area contributed by atoms with Crippen molar-refractivity contribution in [2.24, 2.45) is 0 Å². The Morgan fingerprint density at radius 1 is 0.688 bits per heavy atom. The molecule has 0 aliphatic heterocycles. The molecule has 0 aromatic heterocycles. The van der Waals surface area contributed by atoms with Gasteiger partial charge in [0, 0.05) is 32.3 Å². The molecule has 1 aliphatic carbocycles. The van der Waals surface area contributed by atoms with Crippen LogP contribution in [-0.2, 0) is 25.8 Å². The van der Waals surface area contributed by atoms with Crippen LogP contribution in [0.3, 0.4) is 0 Å². The summed E-state index contributed by atoms with van der Waals surface area (Å²) < 4.78 is 0. The minimum Gasteiger partial charge on any atom is -0.0590 e.